The SMILES string of the molecule is COC(=O)Nc1cc(C(=O)NCCC(=N)N)cn1C. The number of rotatable bonds is 5. The van der Waals surface area contributed by atoms with E-state index in [1.54, 1.807) is 17.8 Å². The molecule has 0 saturated carbocycles. The Hall–Kier alpha value is -2.51. The molecule has 19 heavy (non-hydrogen) atoms. The Morgan fingerprint density at radius 2 is 2.21 bits per heavy atom. The van der Waals surface area contributed by atoms with E-state index < -0.39 is 6.09 Å². The van der Waals surface area contributed by atoms with Crippen molar-refractivity contribution in [2.24, 2.45) is 12.8 Å². The van der Waals surface area contributed by atoms with Gasteiger partial charge in [-0.3, -0.25) is 15.5 Å². The molecule has 0 aliphatic heterocycles. The Labute approximate surface area is 110 Å². The summed E-state index contributed by atoms with van der Waals surface area (Å²) in [5, 5.41) is 12.1. The Morgan fingerprint density at radius 3 is 2.79 bits per heavy atom. The molecule has 0 bridgehead atoms. The lowest BCUT2D eigenvalue weighted by atomic mass is 10.3. The molecule has 0 radical (unpaired) electrons. The van der Waals surface area contributed by atoms with Crippen molar-refractivity contribution < 1.29 is 14.3 Å². The maximum atomic E-state index is 11.8. The molecule has 0 aliphatic carbocycles. The number of amides is 2. The first-order valence-electron chi connectivity index (χ1n) is 5.56. The van der Waals surface area contributed by atoms with Gasteiger partial charge in [0, 0.05) is 26.2 Å². The molecule has 0 unspecified atom stereocenters. The number of carbonyl (C=O) groups excluding carboxylic acids is 2. The minimum Gasteiger partial charge on any atom is -0.453 e. The zero-order chi connectivity index (χ0) is 14.4. The van der Waals surface area contributed by atoms with Gasteiger partial charge < -0.3 is 20.4 Å². The Morgan fingerprint density at radius 1 is 1.53 bits per heavy atom. The predicted octanol–water partition coefficient (Wildman–Crippen LogP) is 0.259. The van der Waals surface area contributed by atoms with Crippen LogP contribution in [0.25, 0.3) is 0 Å². The van der Waals surface area contributed by atoms with Crippen LogP contribution in [-0.4, -0.2) is 36.1 Å². The van der Waals surface area contributed by atoms with Crippen LogP contribution in [0.3, 0.4) is 0 Å². The van der Waals surface area contributed by atoms with Gasteiger partial charge in [0.1, 0.15) is 5.82 Å². The van der Waals surface area contributed by atoms with E-state index in [1.165, 1.54) is 13.2 Å². The van der Waals surface area contributed by atoms with E-state index in [9.17, 15) is 9.59 Å². The number of nitrogens with two attached hydrogens (primary N) is 1. The summed E-state index contributed by atoms with van der Waals surface area (Å²) in [4.78, 5) is 22.8. The number of carbonyl (C=O) groups is 2. The largest absolute Gasteiger partial charge is 0.453 e. The highest BCUT2D eigenvalue weighted by Gasteiger charge is 2.12. The maximum absolute atomic E-state index is 11.8. The number of nitrogens with one attached hydrogen (secondary N) is 3. The minimum atomic E-state index is -0.607. The molecule has 0 saturated heterocycles. The van der Waals surface area contributed by atoms with Crippen LogP contribution in [-0.2, 0) is 11.8 Å². The van der Waals surface area contributed by atoms with Crippen LogP contribution in [0.2, 0.25) is 0 Å². The van der Waals surface area contributed by atoms with Crippen molar-refractivity contribution in [2.45, 2.75) is 6.42 Å². The normalized spacial score (nSPS) is 9.79. The van der Waals surface area contributed by atoms with Crippen molar-refractivity contribution in [1.29, 1.82) is 5.41 Å². The van der Waals surface area contributed by atoms with Crippen molar-refractivity contribution in [3.05, 3.63) is 17.8 Å². The van der Waals surface area contributed by atoms with Gasteiger partial charge in [-0.05, 0) is 6.07 Å². The fourth-order valence-electron chi connectivity index (χ4n) is 1.38. The van der Waals surface area contributed by atoms with Crippen molar-refractivity contribution >= 4 is 23.7 Å². The zero-order valence-electron chi connectivity index (χ0n) is 10.8. The zero-order valence-corrected chi connectivity index (χ0v) is 10.8. The summed E-state index contributed by atoms with van der Waals surface area (Å²) in [5.41, 5.74) is 5.58. The van der Waals surface area contributed by atoms with Crippen molar-refractivity contribution in [2.75, 3.05) is 19.0 Å². The second-order valence-corrected chi connectivity index (χ2v) is 3.87. The van der Waals surface area contributed by atoms with E-state index in [0.717, 1.165) is 0 Å². The fraction of sp³-hybridized carbons (Fsp3) is 0.364. The first kappa shape index (κ1) is 14.6. The number of anilines is 1. The highest BCUT2D eigenvalue weighted by Crippen LogP contribution is 2.12. The third kappa shape index (κ3) is 4.34. The summed E-state index contributed by atoms with van der Waals surface area (Å²) >= 11 is 0. The quantitative estimate of drug-likeness (QED) is 0.451. The number of methoxy groups -OCH3 is 1. The molecular weight excluding hydrogens is 250 g/mol. The highest BCUT2D eigenvalue weighted by molar-refractivity contribution is 5.96. The van der Waals surface area contributed by atoms with E-state index in [1.807, 2.05) is 0 Å². The Kier molecular flexibility index (Phi) is 4.92. The van der Waals surface area contributed by atoms with Gasteiger partial charge in [-0.2, -0.15) is 0 Å². The highest BCUT2D eigenvalue weighted by atomic mass is 16.5. The molecule has 8 nitrogen and oxygen atoms in total. The molecule has 0 spiro atoms. The molecule has 0 aromatic carbocycles. The second kappa shape index (κ2) is 6.43. The van der Waals surface area contributed by atoms with Gasteiger partial charge in [-0.15, -0.1) is 0 Å². The molecule has 5 N–H and O–H groups in total. The number of hydrogen-bond acceptors (Lipinski definition) is 4. The smallest absolute Gasteiger partial charge is 0.412 e. The predicted molar refractivity (Wildman–Crippen MR) is 70.3 cm³/mol. The number of aryl methyl sites for hydroxylation is 1. The molecule has 1 aromatic rings. The summed E-state index contributed by atoms with van der Waals surface area (Å²) in [6.45, 7) is 0.294. The van der Waals surface area contributed by atoms with Crippen LogP contribution >= 0.6 is 0 Å². The van der Waals surface area contributed by atoms with Gasteiger partial charge in [0.2, 0.25) is 0 Å². The summed E-state index contributed by atoms with van der Waals surface area (Å²) in [7, 11) is 2.95. The summed E-state index contributed by atoms with van der Waals surface area (Å²) in [6, 6.07) is 1.53. The van der Waals surface area contributed by atoms with Gasteiger partial charge in [-0.1, -0.05) is 0 Å². The third-order valence-electron chi connectivity index (χ3n) is 2.36. The third-order valence-corrected chi connectivity index (χ3v) is 2.36. The molecule has 0 aliphatic rings. The lowest BCUT2D eigenvalue weighted by Crippen LogP contribution is -2.27. The molecular formula is C11H17N5O3. The molecule has 104 valence electrons. The molecule has 0 atom stereocenters. The first-order valence-corrected chi connectivity index (χ1v) is 5.56. The van der Waals surface area contributed by atoms with Crippen LogP contribution in [0.5, 0.6) is 0 Å². The molecule has 2 amide bonds. The monoisotopic (exact) mass is 267 g/mol. The minimum absolute atomic E-state index is 0.0152. The number of aromatic nitrogens is 1. The number of ether oxygens (including phenoxy) is 1. The molecule has 1 heterocycles. The van der Waals surface area contributed by atoms with Gasteiger partial charge in [-0.25, -0.2) is 4.79 Å². The molecule has 8 heteroatoms. The molecule has 1 rings (SSSR count). The number of hydrogen-bond donors (Lipinski definition) is 4. The second-order valence-electron chi connectivity index (χ2n) is 3.87. The van der Waals surface area contributed by atoms with Crippen molar-refractivity contribution in [3.8, 4) is 0 Å². The van der Waals surface area contributed by atoms with Gasteiger partial charge in [0.05, 0.1) is 18.5 Å². The summed E-state index contributed by atoms with van der Waals surface area (Å²) < 4.78 is 6.06. The van der Waals surface area contributed by atoms with Crippen LogP contribution in [0.15, 0.2) is 12.3 Å². The summed E-state index contributed by atoms with van der Waals surface area (Å²) in [6.07, 6.45) is 1.27. The average molecular weight is 267 g/mol. The van der Waals surface area contributed by atoms with E-state index in [4.69, 9.17) is 11.1 Å². The van der Waals surface area contributed by atoms with E-state index in [2.05, 4.69) is 15.4 Å². The fourth-order valence-corrected chi connectivity index (χ4v) is 1.38. The van der Waals surface area contributed by atoms with Crippen LogP contribution < -0.4 is 16.4 Å². The van der Waals surface area contributed by atoms with E-state index in [0.29, 0.717) is 24.3 Å². The Balaban J connectivity index is 2.64. The van der Waals surface area contributed by atoms with Gasteiger partial charge in [0.15, 0.2) is 0 Å². The van der Waals surface area contributed by atoms with E-state index >= 15 is 0 Å². The molecule has 0 fully saturated rings. The number of amidine groups is 1. The maximum Gasteiger partial charge on any atom is 0.412 e. The van der Waals surface area contributed by atoms with Gasteiger partial charge in [0.25, 0.3) is 5.91 Å². The van der Waals surface area contributed by atoms with Crippen LogP contribution in [0.4, 0.5) is 10.6 Å². The standard InChI is InChI=1S/C11H17N5O3/c1-16-6-7(5-9(16)15-11(18)19-2)10(17)14-4-3-8(12)13/h5-6H,3-4H2,1-2H3,(H3,12,13)(H,14,17)(H,15,18). The van der Waals surface area contributed by atoms with Crippen LogP contribution in [0, 0.1) is 5.41 Å². The lowest BCUT2D eigenvalue weighted by Gasteiger charge is -2.03. The summed E-state index contributed by atoms with van der Waals surface area (Å²) in [5.74, 6) is 0.166. The van der Waals surface area contributed by atoms with E-state index in [-0.39, 0.29) is 11.7 Å². The van der Waals surface area contributed by atoms with Crippen molar-refractivity contribution in [1.82, 2.24) is 9.88 Å². The van der Waals surface area contributed by atoms with Crippen LogP contribution in [0.1, 0.15) is 16.8 Å². The first-order chi connectivity index (χ1) is 8.93. The molecule has 1 aromatic heterocycles. The lowest BCUT2D eigenvalue weighted by molar-refractivity contribution is 0.0954. The number of nitrogens with zero attached hydrogens (tertiary/aromatic N) is 1. The van der Waals surface area contributed by atoms with Crippen molar-refractivity contribution in [3.63, 3.8) is 0 Å². The van der Waals surface area contributed by atoms with Gasteiger partial charge >= 0.3 is 6.09 Å². The average Bonchev–Trinajstić information content (AvgIpc) is 2.70. The topological polar surface area (TPSA) is 122 Å². The Bertz CT molecular complexity index is 495.